The van der Waals surface area contributed by atoms with Crippen LogP contribution in [0.4, 0.5) is 4.39 Å². The summed E-state index contributed by atoms with van der Waals surface area (Å²) in [5, 5.41) is 3.86. The predicted molar refractivity (Wildman–Crippen MR) is 67.7 cm³/mol. The molecule has 0 radical (unpaired) electrons. The molecular weight excluding hydrogens is 245 g/mol. The van der Waals surface area contributed by atoms with E-state index in [9.17, 15) is 4.39 Å². The number of aromatic nitrogens is 3. The van der Waals surface area contributed by atoms with Crippen molar-refractivity contribution in [2.24, 2.45) is 0 Å². The van der Waals surface area contributed by atoms with Crippen LogP contribution in [-0.2, 0) is 0 Å². The summed E-state index contributed by atoms with van der Waals surface area (Å²) in [5.41, 5.74) is 2.23. The minimum atomic E-state index is -0.485. The van der Waals surface area contributed by atoms with Gasteiger partial charge in [-0.1, -0.05) is 35.0 Å². The molecule has 4 nitrogen and oxygen atoms in total. The molecule has 0 aliphatic heterocycles. The first-order valence-electron chi connectivity index (χ1n) is 5.74. The number of aryl methyl sites for hydroxylation is 1. The normalized spacial score (nSPS) is 10.6. The fourth-order valence-electron chi connectivity index (χ4n) is 1.70. The van der Waals surface area contributed by atoms with Crippen LogP contribution in [-0.4, -0.2) is 15.1 Å². The van der Waals surface area contributed by atoms with E-state index in [2.05, 4.69) is 15.1 Å². The quantitative estimate of drug-likeness (QED) is 0.705. The zero-order chi connectivity index (χ0) is 13.2. The molecule has 0 N–H and O–H groups in total. The van der Waals surface area contributed by atoms with Crippen LogP contribution in [0.2, 0.25) is 0 Å². The zero-order valence-electron chi connectivity index (χ0n) is 10.2. The van der Waals surface area contributed by atoms with Crippen LogP contribution in [0.15, 0.2) is 47.2 Å². The third kappa shape index (κ3) is 2.22. The second-order valence-corrected chi connectivity index (χ2v) is 4.14. The second kappa shape index (κ2) is 4.61. The highest BCUT2D eigenvalue weighted by Crippen LogP contribution is 2.23. The Morgan fingerprint density at radius 2 is 1.89 bits per heavy atom. The summed E-state index contributed by atoms with van der Waals surface area (Å²) < 4.78 is 18.6. The summed E-state index contributed by atoms with van der Waals surface area (Å²) in [5.74, 6) is 0.100. The topological polar surface area (TPSA) is 51.8 Å². The largest absolute Gasteiger partial charge is 0.334 e. The molecule has 1 aromatic carbocycles. The summed E-state index contributed by atoms with van der Waals surface area (Å²) in [6.45, 7) is 2.00. The molecule has 0 fully saturated rings. The number of rotatable bonds is 2. The Kier molecular flexibility index (Phi) is 2.79. The number of hydrogen-bond acceptors (Lipinski definition) is 4. The van der Waals surface area contributed by atoms with Crippen LogP contribution in [0.25, 0.3) is 22.8 Å². The molecular formula is C14H10FN3O. The molecule has 3 rings (SSSR count). The van der Waals surface area contributed by atoms with Gasteiger partial charge in [0.1, 0.15) is 0 Å². The molecule has 0 saturated carbocycles. The van der Waals surface area contributed by atoms with Gasteiger partial charge in [0, 0.05) is 11.8 Å². The van der Waals surface area contributed by atoms with Gasteiger partial charge in [-0.15, -0.1) is 0 Å². The molecule has 0 aliphatic rings. The van der Waals surface area contributed by atoms with Crippen LogP contribution in [0.5, 0.6) is 0 Å². The van der Waals surface area contributed by atoms with E-state index >= 15 is 0 Å². The SMILES string of the molecule is Cc1ccc(-c2noc(-c3ccncc3F)n2)cc1. The summed E-state index contributed by atoms with van der Waals surface area (Å²) in [4.78, 5) is 7.88. The third-order valence-electron chi connectivity index (χ3n) is 2.74. The lowest BCUT2D eigenvalue weighted by atomic mass is 10.1. The second-order valence-electron chi connectivity index (χ2n) is 4.14. The van der Waals surface area contributed by atoms with Gasteiger partial charge in [0.15, 0.2) is 5.82 Å². The fraction of sp³-hybridized carbons (Fsp3) is 0.0714. The molecule has 94 valence electrons. The first-order chi connectivity index (χ1) is 9.24. The number of benzene rings is 1. The molecule has 19 heavy (non-hydrogen) atoms. The molecule has 2 aromatic heterocycles. The Balaban J connectivity index is 2.00. The minimum absolute atomic E-state index is 0.149. The maximum absolute atomic E-state index is 13.5. The lowest BCUT2D eigenvalue weighted by Gasteiger charge is -1.95. The molecule has 0 atom stereocenters. The van der Waals surface area contributed by atoms with Crippen molar-refractivity contribution in [2.45, 2.75) is 6.92 Å². The van der Waals surface area contributed by atoms with Gasteiger partial charge in [-0.2, -0.15) is 4.98 Å². The standard InChI is InChI=1S/C14H10FN3O/c1-9-2-4-10(5-3-9)13-17-14(19-18-13)11-6-7-16-8-12(11)15/h2-8H,1H3. The van der Waals surface area contributed by atoms with Gasteiger partial charge in [-0.25, -0.2) is 4.39 Å². The van der Waals surface area contributed by atoms with Gasteiger partial charge in [-0.05, 0) is 13.0 Å². The van der Waals surface area contributed by atoms with Crippen LogP contribution >= 0.6 is 0 Å². The Morgan fingerprint density at radius 3 is 2.63 bits per heavy atom. The molecule has 0 aliphatic carbocycles. The average molecular weight is 255 g/mol. The van der Waals surface area contributed by atoms with Crippen molar-refractivity contribution < 1.29 is 8.91 Å². The van der Waals surface area contributed by atoms with E-state index in [1.54, 1.807) is 0 Å². The number of pyridine rings is 1. The fourth-order valence-corrected chi connectivity index (χ4v) is 1.70. The van der Waals surface area contributed by atoms with Crippen molar-refractivity contribution in [3.05, 3.63) is 54.1 Å². The minimum Gasteiger partial charge on any atom is -0.334 e. The Bertz CT molecular complexity index is 707. The monoisotopic (exact) mass is 255 g/mol. The highest BCUT2D eigenvalue weighted by atomic mass is 19.1. The molecule has 5 heteroatoms. The van der Waals surface area contributed by atoms with Crippen LogP contribution in [0, 0.1) is 12.7 Å². The highest BCUT2D eigenvalue weighted by molar-refractivity contribution is 5.59. The van der Waals surface area contributed by atoms with Crippen LogP contribution in [0.3, 0.4) is 0 Å². The average Bonchev–Trinajstić information content (AvgIpc) is 2.89. The maximum Gasteiger partial charge on any atom is 0.261 e. The number of halogens is 1. The van der Waals surface area contributed by atoms with E-state index in [0.29, 0.717) is 5.82 Å². The van der Waals surface area contributed by atoms with Gasteiger partial charge in [0.25, 0.3) is 5.89 Å². The predicted octanol–water partition coefficient (Wildman–Crippen LogP) is 3.25. The first kappa shape index (κ1) is 11.5. The first-order valence-corrected chi connectivity index (χ1v) is 5.74. The van der Waals surface area contributed by atoms with Crippen LogP contribution in [0.1, 0.15) is 5.56 Å². The van der Waals surface area contributed by atoms with Gasteiger partial charge in [0.05, 0.1) is 11.8 Å². The van der Waals surface area contributed by atoms with Crippen LogP contribution < -0.4 is 0 Å². The van der Waals surface area contributed by atoms with E-state index in [4.69, 9.17) is 4.52 Å². The molecule has 0 unspecified atom stereocenters. The van der Waals surface area contributed by atoms with Crippen molar-refractivity contribution in [1.29, 1.82) is 0 Å². The van der Waals surface area contributed by atoms with Gasteiger partial charge < -0.3 is 4.52 Å². The van der Waals surface area contributed by atoms with Crippen molar-refractivity contribution in [3.63, 3.8) is 0 Å². The Morgan fingerprint density at radius 1 is 1.11 bits per heavy atom. The lowest BCUT2D eigenvalue weighted by molar-refractivity contribution is 0.429. The van der Waals surface area contributed by atoms with Gasteiger partial charge in [-0.3, -0.25) is 4.98 Å². The summed E-state index contributed by atoms with van der Waals surface area (Å²) in [6, 6.07) is 9.21. The number of nitrogens with zero attached hydrogens (tertiary/aromatic N) is 3. The third-order valence-corrected chi connectivity index (χ3v) is 2.74. The van der Waals surface area contributed by atoms with Crippen molar-refractivity contribution in [2.75, 3.05) is 0 Å². The van der Waals surface area contributed by atoms with Gasteiger partial charge in [0.2, 0.25) is 5.82 Å². The molecule has 3 aromatic rings. The van der Waals surface area contributed by atoms with Gasteiger partial charge >= 0.3 is 0 Å². The summed E-state index contributed by atoms with van der Waals surface area (Å²) in [6.07, 6.45) is 2.60. The van der Waals surface area contributed by atoms with E-state index in [1.165, 1.54) is 12.3 Å². The number of hydrogen-bond donors (Lipinski definition) is 0. The molecule has 2 heterocycles. The Labute approximate surface area is 108 Å². The van der Waals surface area contributed by atoms with E-state index in [1.807, 2.05) is 31.2 Å². The maximum atomic E-state index is 13.5. The zero-order valence-corrected chi connectivity index (χ0v) is 10.2. The van der Waals surface area contributed by atoms with E-state index in [0.717, 1.165) is 17.3 Å². The van der Waals surface area contributed by atoms with Crippen molar-refractivity contribution in [1.82, 2.24) is 15.1 Å². The molecule has 0 amide bonds. The smallest absolute Gasteiger partial charge is 0.261 e. The lowest BCUT2D eigenvalue weighted by Crippen LogP contribution is -1.86. The molecule has 0 bridgehead atoms. The van der Waals surface area contributed by atoms with Crippen molar-refractivity contribution in [3.8, 4) is 22.8 Å². The highest BCUT2D eigenvalue weighted by Gasteiger charge is 2.13. The Hall–Kier alpha value is -2.56. The molecule has 0 spiro atoms. The summed E-state index contributed by atoms with van der Waals surface area (Å²) in [7, 11) is 0. The molecule has 0 saturated heterocycles. The van der Waals surface area contributed by atoms with E-state index < -0.39 is 5.82 Å². The van der Waals surface area contributed by atoms with E-state index in [-0.39, 0.29) is 11.5 Å². The van der Waals surface area contributed by atoms with Crippen molar-refractivity contribution >= 4 is 0 Å². The summed E-state index contributed by atoms with van der Waals surface area (Å²) >= 11 is 0.